The first-order valence-electron chi connectivity index (χ1n) is 7.41. The van der Waals surface area contributed by atoms with Gasteiger partial charge in [0.25, 0.3) is 0 Å². The highest BCUT2D eigenvalue weighted by Crippen LogP contribution is 2.31. The van der Waals surface area contributed by atoms with Crippen molar-refractivity contribution in [3.05, 3.63) is 0 Å². The van der Waals surface area contributed by atoms with Crippen molar-refractivity contribution in [3.8, 4) is 0 Å². The molecule has 1 aliphatic carbocycles. The molecule has 3 nitrogen and oxygen atoms in total. The van der Waals surface area contributed by atoms with Gasteiger partial charge in [-0.1, -0.05) is 33.1 Å². The fourth-order valence-electron chi connectivity index (χ4n) is 2.98. The van der Waals surface area contributed by atoms with Gasteiger partial charge in [0.15, 0.2) is 0 Å². The Bertz CT molecular complexity index is 223. The maximum absolute atomic E-state index is 5.32. The van der Waals surface area contributed by atoms with Crippen LogP contribution in [0.3, 0.4) is 0 Å². The van der Waals surface area contributed by atoms with Crippen molar-refractivity contribution in [2.45, 2.75) is 57.5 Å². The molecule has 0 amide bonds. The Morgan fingerprint density at radius 1 is 1.17 bits per heavy atom. The SMILES string of the molecule is COCC(NCC1(N(C)C)CCCCC1)C(C)C. The Balaban J connectivity index is 2.55. The minimum Gasteiger partial charge on any atom is -0.383 e. The van der Waals surface area contributed by atoms with Gasteiger partial charge in [0.2, 0.25) is 0 Å². The molecule has 0 aromatic heterocycles. The fourth-order valence-corrected chi connectivity index (χ4v) is 2.98. The molecule has 108 valence electrons. The average molecular weight is 256 g/mol. The third kappa shape index (κ3) is 4.22. The Kier molecular flexibility index (Phi) is 6.61. The van der Waals surface area contributed by atoms with Gasteiger partial charge in [-0.25, -0.2) is 0 Å². The topological polar surface area (TPSA) is 24.5 Å². The molecule has 0 aromatic carbocycles. The van der Waals surface area contributed by atoms with Gasteiger partial charge in [0.1, 0.15) is 0 Å². The molecule has 1 unspecified atom stereocenters. The smallest absolute Gasteiger partial charge is 0.0618 e. The first-order valence-corrected chi connectivity index (χ1v) is 7.41. The molecule has 0 bridgehead atoms. The van der Waals surface area contributed by atoms with Crippen molar-refractivity contribution >= 4 is 0 Å². The number of ether oxygens (including phenoxy) is 1. The number of likely N-dealkylation sites (N-methyl/N-ethyl adjacent to an activating group) is 1. The maximum Gasteiger partial charge on any atom is 0.0618 e. The van der Waals surface area contributed by atoms with Crippen molar-refractivity contribution < 1.29 is 4.74 Å². The highest BCUT2D eigenvalue weighted by atomic mass is 16.5. The quantitative estimate of drug-likeness (QED) is 0.757. The standard InChI is InChI=1S/C15H32N2O/c1-13(2)14(11-18-5)16-12-15(17(3)4)9-7-6-8-10-15/h13-14,16H,6-12H2,1-5H3. The van der Waals surface area contributed by atoms with Crippen LogP contribution in [-0.2, 0) is 4.74 Å². The van der Waals surface area contributed by atoms with Crippen LogP contribution in [0.5, 0.6) is 0 Å². The lowest BCUT2D eigenvalue weighted by atomic mass is 9.80. The second-order valence-corrected chi connectivity index (χ2v) is 6.37. The zero-order chi connectivity index (χ0) is 13.6. The summed E-state index contributed by atoms with van der Waals surface area (Å²) in [5.41, 5.74) is 0.360. The number of methoxy groups -OCH3 is 1. The minimum absolute atomic E-state index is 0.360. The molecule has 1 N–H and O–H groups in total. The lowest BCUT2D eigenvalue weighted by molar-refractivity contribution is 0.0808. The van der Waals surface area contributed by atoms with Crippen LogP contribution in [0.25, 0.3) is 0 Å². The van der Waals surface area contributed by atoms with Gasteiger partial charge >= 0.3 is 0 Å². The van der Waals surface area contributed by atoms with Crippen LogP contribution in [0.15, 0.2) is 0 Å². The van der Waals surface area contributed by atoms with Crippen molar-refractivity contribution in [1.29, 1.82) is 0 Å². The van der Waals surface area contributed by atoms with E-state index in [0.29, 0.717) is 17.5 Å². The van der Waals surface area contributed by atoms with E-state index in [0.717, 1.165) is 13.2 Å². The number of hydrogen-bond acceptors (Lipinski definition) is 3. The lowest BCUT2D eigenvalue weighted by Crippen LogP contribution is -2.55. The molecule has 0 spiro atoms. The molecule has 1 aliphatic rings. The van der Waals surface area contributed by atoms with Gasteiger partial charge < -0.3 is 15.0 Å². The first kappa shape index (κ1) is 15.9. The van der Waals surface area contributed by atoms with Crippen LogP contribution in [0, 0.1) is 5.92 Å². The lowest BCUT2D eigenvalue weighted by Gasteiger charge is -2.44. The van der Waals surface area contributed by atoms with E-state index in [1.54, 1.807) is 7.11 Å². The summed E-state index contributed by atoms with van der Waals surface area (Å²) < 4.78 is 5.32. The molecule has 1 rings (SSSR count). The highest BCUT2D eigenvalue weighted by molar-refractivity contribution is 4.93. The van der Waals surface area contributed by atoms with Gasteiger partial charge in [-0.3, -0.25) is 0 Å². The molecule has 0 saturated heterocycles. The van der Waals surface area contributed by atoms with E-state index in [4.69, 9.17) is 4.74 Å². The van der Waals surface area contributed by atoms with Crippen molar-refractivity contribution in [2.24, 2.45) is 5.92 Å². The van der Waals surface area contributed by atoms with E-state index >= 15 is 0 Å². The fraction of sp³-hybridized carbons (Fsp3) is 1.00. The van der Waals surface area contributed by atoms with E-state index in [-0.39, 0.29) is 0 Å². The zero-order valence-electron chi connectivity index (χ0n) is 13.0. The third-order valence-electron chi connectivity index (χ3n) is 4.58. The van der Waals surface area contributed by atoms with Crippen LogP contribution >= 0.6 is 0 Å². The van der Waals surface area contributed by atoms with E-state index in [1.165, 1.54) is 32.1 Å². The molecule has 0 radical (unpaired) electrons. The zero-order valence-corrected chi connectivity index (χ0v) is 13.0. The third-order valence-corrected chi connectivity index (χ3v) is 4.58. The minimum atomic E-state index is 0.360. The van der Waals surface area contributed by atoms with Crippen molar-refractivity contribution in [1.82, 2.24) is 10.2 Å². The summed E-state index contributed by atoms with van der Waals surface area (Å²) in [7, 11) is 6.25. The van der Waals surface area contributed by atoms with Crippen LogP contribution in [0.2, 0.25) is 0 Å². The molecular weight excluding hydrogens is 224 g/mol. The highest BCUT2D eigenvalue weighted by Gasteiger charge is 2.34. The summed E-state index contributed by atoms with van der Waals surface area (Å²) in [6.07, 6.45) is 6.80. The molecule has 1 atom stereocenters. The summed E-state index contributed by atoms with van der Waals surface area (Å²) in [4.78, 5) is 2.43. The summed E-state index contributed by atoms with van der Waals surface area (Å²) in [6.45, 7) is 6.42. The molecule has 18 heavy (non-hydrogen) atoms. The largest absolute Gasteiger partial charge is 0.383 e. The van der Waals surface area contributed by atoms with Gasteiger partial charge in [0.05, 0.1) is 6.61 Å². The molecule has 0 aliphatic heterocycles. The summed E-state index contributed by atoms with van der Waals surface area (Å²) in [6, 6.07) is 0.466. The van der Waals surface area contributed by atoms with Gasteiger partial charge in [-0.15, -0.1) is 0 Å². The molecule has 1 saturated carbocycles. The molecule has 0 aromatic rings. The van der Waals surface area contributed by atoms with E-state index in [1.807, 2.05) is 0 Å². The van der Waals surface area contributed by atoms with Crippen LogP contribution in [0.4, 0.5) is 0 Å². The van der Waals surface area contributed by atoms with E-state index in [2.05, 4.69) is 38.2 Å². The molecule has 3 heteroatoms. The van der Waals surface area contributed by atoms with Crippen LogP contribution < -0.4 is 5.32 Å². The molecular formula is C15H32N2O. The Labute approximate surface area is 113 Å². The number of nitrogens with one attached hydrogen (secondary N) is 1. The number of rotatable bonds is 7. The second-order valence-electron chi connectivity index (χ2n) is 6.37. The predicted molar refractivity (Wildman–Crippen MR) is 78.0 cm³/mol. The van der Waals surface area contributed by atoms with Crippen LogP contribution in [0.1, 0.15) is 46.0 Å². The van der Waals surface area contributed by atoms with Gasteiger partial charge in [-0.2, -0.15) is 0 Å². The Morgan fingerprint density at radius 2 is 1.78 bits per heavy atom. The molecule has 0 heterocycles. The number of nitrogens with zero attached hydrogens (tertiary/aromatic N) is 1. The second kappa shape index (κ2) is 7.46. The summed E-state index contributed by atoms with van der Waals surface area (Å²) in [5.74, 6) is 0.618. The monoisotopic (exact) mass is 256 g/mol. The van der Waals surface area contributed by atoms with Gasteiger partial charge in [0, 0.05) is 25.2 Å². The van der Waals surface area contributed by atoms with Gasteiger partial charge in [-0.05, 0) is 32.9 Å². The van der Waals surface area contributed by atoms with Crippen molar-refractivity contribution in [3.63, 3.8) is 0 Å². The average Bonchev–Trinajstić information content (AvgIpc) is 2.35. The predicted octanol–water partition coefficient (Wildman–Crippen LogP) is 2.51. The number of hydrogen-bond donors (Lipinski definition) is 1. The Morgan fingerprint density at radius 3 is 2.22 bits per heavy atom. The van der Waals surface area contributed by atoms with Crippen LogP contribution in [-0.4, -0.2) is 50.8 Å². The summed E-state index contributed by atoms with van der Waals surface area (Å²) in [5, 5.41) is 3.75. The van der Waals surface area contributed by atoms with Crippen molar-refractivity contribution in [2.75, 3.05) is 34.4 Å². The summed E-state index contributed by atoms with van der Waals surface area (Å²) >= 11 is 0. The maximum atomic E-state index is 5.32. The van der Waals surface area contributed by atoms with E-state index < -0.39 is 0 Å². The van der Waals surface area contributed by atoms with E-state index in [9.17, 15) is 0 Å². The Hall–Kier alpha value is -0.120. The normalized spacial score (nSPS) is 21.5. The molecule has 1 fully saturated rings. The first-order chi connectivity index (χ1) is 8.52.